The molecule has 0 unspecified atom stereocenters. The Morgan fingerprint density at radius 2 is 2.13 bits per heavy atom. The number of aryl methyl sites for hydroxylation is 1. The second-order valence-electron chi connectivity index (χ2n) is 5.99. The van der Waals surface area contributed by atoms with Gasteiger partial charge in [-0.25, -0.2) is 4.79 Å². The third kappa shape index (κ3) is 3.71. The van der Waals surface area contributed by atoms with Gasteiger partial charge in [0.05, 0.1) is 18.3 Å². The Balaban J connectivity index is 1.61. The lowest BCUT2D eigenvalue weighted by molar-refractivity contribution is 0.122. The topological polar surface area (TPSA) is 70.4 Å². The third-order valence-corrected chi connectivity index (χ3v) is 4.26. The molecule has 1 aliphatic heterocycles. The molecule has 23 heavy (non-hydrogen) atoms. The number of aromatic nitrogens is 2. The van der Waals surface area contributed by atoms with E-state index in [4.69, 9.17) is 0 Å². The summed E-state index contributed by atoms with van der Waals surface area (Å²) < 4.78 is 1.73. The van der Waals surface area contributed by atoms with Crippen molar-refractivity contribution in [1.82, 2.24) is 20.0 Å². The van der Waals surface area contributed by atoms with Crippen molar-refractivity contribution in [3.8, 4) is 0 Å². The fraction of sp³-hybridized carbons (Fsp3) is 0.412. The van der Waals surface area contributed by atoms with Gasteiger partial charge < -0.3 is 15.3 Å². The monoisotopic (exact) mass is 314 g/mol. The zero-order valence-electron chi connectivity index (χ0n) is 13.2. The lowest BCUT2D eigenvalue weighted by Gasteiger charge is -2.26. The minimum Gasteiger partial charge on any atom is -0.391 e. The van der Waals surface area contributed by atoms with Crippen LogP contribution >= 0.6 is 0 Å². The molecule has 1 aromatic heterocycles. The van der Waals surface area contributed by atoms with Crippen LogP contribution in [0.3, 0.4) is 0 Å². The lowest BCUT2D eigenvalue weighted by Crippen LogP contribution is -2.46. The predicted molar refractivity (Wildman–Crippen MR) is 86.7 cm³/mol. The van der Waals surface area contributed by atoms with E-state index in [1.54, 1.807) is 15.8 Å². The van der Waals surface area contributed by atoms with Crippen LogP contribution in [0.25, 0.3) is 0 Å². The predicted octanol–water partition coefficient (Wildman–Crippen LogP) is 1.31. The number of aliphatic hydroxyl groups is 1. The fourth-order valence-electron chi connectivity index (χ4n) is 3.03. The highest BCUT2D eigenvalue weighted by molar-refractivity contribution is 5.75. The molecule has 0 spiro atoms. The van der Waals surface area contributed by atoms with E-state index in [0.717, 1.165) is 11.1 Å². The van der Waals surface area contributed by atoms with Crippen molar-refractivity contribution in [3.05, 3.63) is 53.9 Å². The largest absolute Gasteiger partial charge is 0.391 e. The molecule has 6 heteroatoms. The number of nitrogens with one attached hydrogen (secondary N) is 1. The average molecular weight is 314 g/mol. The van der Waals surface area contributed by atoms with Gasteiger partial charge in [-0.3, -0.25) is 4.68 Å². The van der Waals surface area contributed by atoms with Gasteiger partial charge in [-0.2, -0.15) is 5.10 Å². The Bertz CT molecular complexity index is 656. The first-order valence-corrected chi connectivity index (χ1v) is 7.87. The first-order chi connectivity index (χ1) is 11.1. The SMILES string of the molecule is Cn1cc(C[C@H]2[C@H](O)CCN2C(=O)NCc2ccccc2)cn1. The van der Waals surface area contributed by atoms with Gasteiger partial charge in [0.15, 0.2) is 0 Å². The highest BCUT2D eigenvalue weighted by Gasteiger charge is 2.36. The number of rotatable bonds is 4. The van der Waals surface area contributed by atoms with E-state index >= 15 is 0 Å². The van der Waals surface area contributed by atoms with Gasteiger partial charge in [-0.05, 0) is 24.0 Å². The molecule has 122 valence electrons. The van der Waals surface area contributed by atoms with Crippen molar-refractivity contribution in [2.24, 2.45) is 7.05 Å². The van der Waals surface area contributed by atoms with Crippen LogP contribution in [0.4, 0.5) is 4.79 Å². The van der Waals surface area contributed by atoms with Gasteiger partial charge in [-0.15, -0.1) is 0 Å². The molecule has 6 nitrogen and oxygen atoms in total. The maximum atomic E-state index is 12.5. The van der Waals surface area contributed by atoms with Crippen LogP contribution in [0.1, 0.15) is 17.5 Å². The van der Waals surface area contributed by atoms with Gasteiger partial charge in [0.2, 0.25) is 0 Å². The summed E-state index contributed by atoms with van der Waals surface area (Å²) >= 11 is 0. The molecule has 1 saturated heterocycles. The van der Waals surface area contributed by atoms with E-state index in [0.29, 0.717) is 25.9 Å². The number of hydrogen-bond acceptors (Lipinski definition) is 3. The molecule has 2 N–H and O–H groups in total. The minimum absolute atomic E-state index is 0.126. The van der Waals surface area contributed by atoms with Crippen molar-refractivity contribution >= 4 is 6.03 Å². The number of benzene rings is 1. The van der Waals surface area contributed by atoms with Crippen LogP contribution in [0.15, 0.2) is 42.7 Å². The van der Waals surface area contributed by atoms with Crippen LogP contribution < -0.4 is 5.32 Å². The molecule has 0 bridgehead atoms. The summed E-state index contributed by atoms with van der Waals surface area (Å²) in [5, 5.41) is 17.3. The summed E-state index contributed by atoms with van der Waals surface area (Å²) in [6.45, 7) is 1.07. The molecular weight excluding hydrogens is 292 g/mol. The summed E-state index contributed by atoms with van der Waals surface area (Å²) in [6.07, 6.45) is 4.45. The van der Waals surface area contributed by atoms with Crippen LogP contribution in [-0.4, -0.2) is 44.5 Å². The molecule has 3 rings (SSSR count). The standard InChI is InChI=1S/C17H22N4O2/c1-20-12-14(11-19-20)9-15-16(22)7-8-21(15)17(23)18-10-13-5-3-2-4-6-13/h2-6,11-12,15-16,22H,7-10H2,1H3,(H,18,23)/t15-,16+/m0/s1. The molecule has 0 aliphatic carbocycles. The van der Waals surface area contributed by atoms with Crippen molar-refractivity contribution in [2.75, 3.05) is 6.54 Å². The van der Waals surface area contributed by atoms with E-state index < -0.39 is 6.10 Å². The molecule has 1 fully saturated rings. The number of nitrogens with zero attached hydrogens (tertiary/aromatic N) is 3. The Kier molecular flexibility index (Phi) is 4.62. The van der Waals surface area contributed by atoms with Gasteiger partial charge in [0, 0.05) is 26.3 Å². The number of urea groups is 1. The van der Waals surface area contributed by atoms with E-state index in [2.05, 4.69) is 10.4 Å². The summed E-state index contributed by atoms with van der Waals surface area (Å²) in [5.74, 6) is 0. The summed E-state index contributed by atoms with van der Waals surface area (Å²) in [5.41, 5.74) is 2.09. The number of amides is 2. The molecule has 2 heterocycles. The van der Waals surface area contributed by atoms with Crippen LogP contribution in [0, 0.1) is 0 Å². The molecular formula is C17H22N4O2. The van der Waals surface area contributed by atoms with E-state index in [1.165, 1.54) is 0 Å². The maximum Gasteiger partial charge on any atom is 0.318 e. The van der Waals surface area contributed by atoms with Gasteiger partial charge >= 0.3 is 6.03 Å². The molecule has 1 aliphatic rings. The van der Waals surface area contributed by atoms with Crippen LogP contribution in [0.2, 0.25) is 0 Å². The lowest BCUT2D eigenvalue weighted by atomic mass is 10.1. The number of carbonyl (C=O) groups excluding carboxylic acids is 1. The van der Waals surface area contributed by atoms with Crippen molar-refractivity contribution in [2.45, 2.75) is 31.5 Å². The summed E-state index contributed by atoms with van der Waals surface area (Å²) in [4.78, 5) is 14.2. The van der Waals surface area contributed by atoms with E-state index in [9.17, 15) is 9.90 Å². The Hall–Kier alpha value is -2.34. The highest BCUT2D eigenvalue weighted by Crippen LogP contribution is 2.22. The van der Waals surface area contributed by atoms with E-state index in [1.807, 2.05) is 43.6 Å². The molecule has 2 aromatic rings. The molecule has 2 atom stereocenters. The minimum atomic E-state index is -0.488. The number of aliphatic hydroxyl groups excluding tert-OH is 1. The molecule has 0 radical (unpaired) electrons. The Morgan fingerprint density at radius 3 is 2.83 bits per heavy atom. The fourth-order valence-corrected chi connectivity index (χ4v) is 3.03. The average Bonchev–Trinajstić information content (AvgIpc) is 3.13. The zero-order chi connectivity index (χ0) is 16.2. The van der Waals surface area contributed by atoms with Crippen molar-refractivity contribution in [3.63, 3.8) is 0 Å². The molecule has 1 aromatic carbocycles. The molecule has 0 saturated carbocycles. The van der Waals surface area contributed by atoms with Gasteiger partial charge in [-0.1, -0.05) is 30.3 Å². The number of hydrogen-bond donors (Lipinski definition) is 2. The van der Waals surface area contributed by atoms with Crippen LogP contribution in [0.5, 0.6) is 0 Å². The number of carbonyl (C=O) groups is 1. The Labute approximate surface area is 135 Å². The second-order valence-corrected chi connectivity index (χ2v) is 5.99. The summed E-state index contributed by atoms with van der Waals surface area (Å²) in [7, 11) is 1.86. The van der Waals surface area contributed by atoms with Crippen molar-refractivity contribution in [1.29, 1.82) is 0 Å². The number of likely N-dealkylation sites (tertiary alicyclic amines) is 1. The first kappa shape index (κ1) is 15.6. The third-order valence-electron chi connectivity index (χ3n) is 4.26. The molecule has 2 amide bonds. The van der Waals surface area contributed by atoms with E-state index in [-0.39, 0.29) is 12.1 Å². The second kappa shape index (κ2) is 6.83. The quantitative estimate of drug-likeness (QED) is 0.894. The van der Waals surface area contributed by atoms with Crippen LogP contribution in [-0.2, 0) is 20.0 Å². The van der Waals surface area contributed by atoms with Crippen molar-refractivity contribution < 1.29 is 9.90 Å². The maximum absolute atomic E-state index is 12.5. The summed E-state index contributed by atoms with van der Waals surface area (Å²) in [6, 6.07) is 9.48. The van der Waals surface area contributed by atoms with Gasteiger partial charge in [0.25, 0.3) is 0 Å². The van der Waals surface area contributed by atoms with Gasteiger partial charge in [0.1, 0.15) is 0 Å². The Morgan fingerprint density at radius 1 is 1.35 bits per heavy atom. The normalized spacial score (nSPS) is 20.7. The smallest absolute Gasteiger partial charge is 0.318 e. The highest BCUT2D eigenvalue weighted by atomic mass is 16.3. The zero-order valence-corrected chi connectivity index (χ0v) is 13.2. The first-order valence-electron chi connectivity index (χ1n) is 7.87.